The maximum atomic E-state index is 12.0. The summed E-state index contributed by atoms with van der Waals surface area (Å²) < 4.78 is 0. The van der Waals surface area contributed by atoms with Crippen LogP contribution in [0.4, 0.5) is 11.4 Å². The number of amides is 1. The Balaban J connectivity index is 1.85. The first kappa shape index (κ1) is 18.4. The van der Waals surface area contributed by atoms with Gasteiger partial charge in [-0.25, -0.2) is 0 Å². The van der Waals surface area contributed by atoms with E-state index in [0.717, 1.165) is 5.56 Å². The molecule has 0 heterocycles. The Hall–Kier alpha value is -2.93. The van der Waals surface area contributed by atoms with E-state index in [1.54, 1.807) is 25.2 Å². The molecule has 0 radical (unpaired) electrons. The summed E-state index contributed by atoms with van der Waals surface area (Å²) in [7, 11) is 1.61. The van der Waals surface area contributed by atoms with E-state index in [1.807, 2.05) is 30.3 Å². The molecule has 0 saturated carbocycles. The molecule has 0 fully saturated rings. The lowest BCUT2D eigenvalue weighted by atomic mass is 10.1. The van der Waals surface area contributed by atoms with Crippen LogP contribution in [0.3, 0.4) is 0 Å². The normalized spacial score (nSPS) is 11.6. The van der Waals surface area contributed by atoms with Crippen molar-refractivity contribution in [1.29, 1.82) is 0 Å². The minimum atomic E-state index is -0.692. The Morgan fingerprint density at radius 1 is 1.20 bits per heavy atom. The number of hydrogen-bond acceptors (Lipinski definition) is 5. The van der Waals surface area contributed by atoms with Crippen LogP contribution in [0, 0.1) is 10.1 Å². The molecule has 0 aliphatic rings. The van der Waals surface area contributed by atoms with Gasteiger partial charge in [0.1, 0.15) is 5.69 Å². The largest absolute Gasteiger partial charge is 0.391 e. The van der Waals surface area contributed by atoms with Gasteiger partial charge in [0.25, 0.3) is 5.69 Å². The predicted octanol–water partition coefficient (Wildman–Crippen LogP) is 1.75. The molecular weight excluding hydrogens is 322 g/mol. The van der Waals surface area contributed by atoms with Crippen molar-refractivity contribution in [3.05, 3.63) is 70.3 Å². The number of aliphatic hydroxyl groups excluding tert-OH is 1. The molecule has 25 heavy (non-hydrogen) atoms. The topological polar surface area (TPSA) is 95.7 Å². The van der Waals surface area contributed by atoms with E-state index in [4.69, 9.17) is 0 Å². The summed E-state index contributed by atoms with van der Waals surface area (Å²) in [6.45, 7) is 0.0847. The fourth-order valence-corrected chi connectivity index (χ4v) is 2.49. The maximum Gasteiger partial charge on any atom is 0.292 e. The molecule has 2 N–H and O–H groups in total. The van der Waals surface area contributed by atoms with Crippen molar-refractivity contribution in [3.8, 4) is 0 Å². The summed E-state index contributed by atoms with van der Waals surface area (Å²) in [5, 5.41) is 23.7. The number of hydrogen-bond donors (Lipinski definition) is 2. The molecule has 7 heteroatoms. The minimum absolute atomic E-state index is 0.0388. The minimum Gasteiger partial charge on any atom is -0.391 e. The molecule has 0 spiro atoms. The van der Waals surface area contributed by atoms with Crippen molar-refractivity contribution in [2.24, 2.45) is 0 Å². The number of benzene rings is 2. The third-order valence-corrected chi connectivity index (χ3v) is 3.72. The van der Waals surface area contributed by atoms with Crippen molar-refractivity contribution in [3.63, 3.8) is 0 Å². The van der Waals surface area contributed by atoms with Crippen molar-refractivity contribution < 1.29 is 14.8 Å². The van der Waals surface area contributed by atoms with Gasteiger partial charge in [-0.1, -0.05) is 42.5 Å². The van der Waals surface area contributed by atoms with Crippen LogP contribution >= 0.6 is 0 Å². The molecule has 1 unspecified atom stereocenters. The van der Waals surface area contributed by atoms with Gasteiger partial charge in [0, 0.05) is 26.1 Å². The first-order valence-corrected chi connectivity index (χ1v) is 7.90. The fourth-order valence-electron chi connectivity index (χ4n) is 2.49. The van der Waals surface area contributed by atoms with Crippen LogP contribution in [0.25, 0.3) is 0 Å². The van der Waals surface area contributed by atoms with E-state index in [0.29, 0.717) is 12.1 Å². The second-order valence-electron chi connectivity index (χ2n) is 5.75. The Kier molecular flexibility index (Phi) is 6.47. The van der Waals surface area contributed by atoms with Gasteiger partial charge in [0.2, 0.25) is 5.91 Å². The monoisotopic (exact) mass is 343 g/mol. The third kappa shape index (κ3) is 5.58. The van der Waals surface area contributed by atoms with E-state index >= 15 is 0 Å². The molecule has 2 aromatic rings. The Morgan fingerprint density at radius 2 is 1.84 bits per heavy atom. The summed E-state index contributed by atoms with van der Waals surface area (Å²) in [4.78, 5) is 24.1. The molecule has 2 rings (SSSR count). The summed E-state index contributed by atoms with van der Waals surface area (Å²) in [5.74, 6) is -0.312. The van der Waals surface area contributed by atoms with Crippen LogP contribution in [0.15, 0.2) is 54.6 Å². The summed E-state index contributed by atoms with van der Waals surface area (Å²) in [6, 6.07) is 15.8. The van der Waals surface area contributed by atoms with E-state index in [-0.39, 0.29) is 24.7 Å². The summed E-state index contributed by atoms with van der Waals surface area (Å²) >= 11 is 0. The molecule has 132 valence electrons. The number of likely N-dealkylation sites (N-methyl/N-ethyl adjacent to an activating group) is 1. The second kappa shape index (κ2) is 8.79. The number of nitrogens with one attached hydrogen (secondary N) is 1. The van der Waals surface area contributed by atoms with Gasteiger partial charge in [-0.2, -0.15) is 0 Å². The molecule has 0 aliphatic carbocycles. The molecular formula is C18H21N3O4. The van der Waals surface area contributed by atoms with Gasteiger partial charge in [-0.15, -0.1) is 0 Å². The second-order valence-corrected chi connectivity index (χ2v) is 5.75. The van der Waals surface area contributed by atoms with Crippen molar-refractivity contribution in [1.82, 2.24) is 5.32 Å². The van der Waals surface area contributed by atoms with Crippen LogP contribution in [-0.4, -0.2) is 42.2 Å². The average molecular weight is 343 g/mol. The average Bonchev–Trinajstić information content (AvgIpc) is 2.60. The standard InChI is InChI=1S/C18H21N3O4/c1-20(16-9-5-6-10-17(16)21(24)25)13-18(23)19-12-15(22)11-14-7-3-2-4-8-14/h2-10,15,22H,11-13H2,1H3,(H,19,23). The highest BCUT2D eigenvalue weighted by Crippen LogP contribution is 2.26. The maximum absolute atomic E-state index is 12.0. The van der Waals surface area contributed by atoms with Gasteiger partial charge < -0.3 is 15.3 Å². The van der Waals surface area contributed by atoms with Crippen LogP contribution in [0.1, 0.15) is 5.56 Å². The molecule has 0 saturated heterocycles. The van der Waals surface area contributed by atoms with Gasteiger partial charge in [0.05, 0.1) is 17.6 Å². The molecule has 1 atom stereocenters. The number of carbonyl (C=O) groups excluding carboxylic acids is 1. The first-order valence-electron chi connectivity index (χ1n) is 7.90. The van der Waals surface area contributed by atoms with Gasteiger partial charge in [0.15, 0.2) is 0 Å². The lowest BCUT2D eigenvalue weighted by molar-refractivity contribution is -0.384. The van der Waals surface area contributed by atoms with E-state index < -0.39 is 11.0 Å². The number of nitrogens with zero attached hydrogens (tertiary/aromatic N) is 2. The number of para-hydroxylation sites is 2. The smallest absolute Gasteiger partial charge is 0.292 e. The summed E-state index contributed by atoms with van der Waals surface area (Å²) in [5.41, 5.74) is 1.30. The van der Waals surface area contributed by atoms with Gasteiger partial charge >= 0.3 is 0 Å². The van der Waals surface area contributed by atoms with Crippen LogP contribution < -0.4 is 10.2 Å². The highest BCUT2D eigenvalue weighted by molar-refractivity contribution is 5.82. The summed E-state index contributed by atoms with van der Waals surface area (Å²) in [6.07, 6.45) is -0.246. The number of carbonyl (C=O) groups is 1. The molecule has 0 aliphatic heterocycles. The highest BCUT2D eigenvalue weighted by atomic mass is 16.6. The first-order chi connectivity index (χ1) is 12.0. The third-order valence-electron chi connectivity index (χ3n) is 3.72. The Bertz CT molecular complexity index is 721. The quantitative estimate of drug-likeness (QED) is 0.562. The lowest BCUT2D eigenvalue weighted by Crippen LogP contribution is -2.39. The molecule has 0 aromatic heterocycles. The molecule has 7 nitrogen and oxygen atoms in total. The van der Waals surface area contributed by atoms with Crippen LogP contribution in [-0.2, 0) is 11.2 Å². The molecule has 0 bridgehead atoms. The van der Waals surface area contributed by atoms with Crippen LogP contribution in [0.2, 0.25) is 0 Å². The number of nitro benzene ring substituents is 1. The zero-order valence-electron chi connectivity index (χ0n) is 14.0. The number of rotatable bonds is 8. The zero-order valence-corrected chi connectivity index (χ0v) is 14.0. The molecule has 1 amide bonds. The fraction of sp³-hybridized carbons (Fsp3) is 0.278. The SMILES string of the molecule is CN(CC(=O)NCC(O)Cc1ccccc1)c1ccccc1[N+](=O)[O-]. The predicted molar refractivity (Wildman–Crippen MR) is 95.5 cm³/mol. The number of aliphatic hydroxyl groups is 1. The van der Waals surface area contributed by atoms with Crippen LogP contribution in [0.5, 0.6) is 0 Å². The van der Waals surface area contributed by atoms with E-state index in [1.165, 1.54) is 11.0 Å². The number of anilines is 1. The van der Waals surface area contributed by atoms with Crippen molar-refractivity contribution >= 4 is 17.3 Å². The highest BCUT2D eigenvalue weighted by Gasteiger charge is 2.18. The van der Waals surface area contributed by atoms with Gasteiger partial charge in [-0.3, -0.25) is 14.9 Å². The Labute approximate surface area is 146 Å². The molecule has 2 aromatic carbocycles. The lowest BCUT2D eigenvalue weighted by Gasteiger charge is -2.19. The van der Waals surface area contributed by atoms with Crippen molar-refractivity contribution in [2.45, 2.75) is 12.5 Å². The Morgan fingerprint density at radius 3 is 2.52 bits per heavy atom. The van der Waals surface area contributed by atoms with Gasteiger partial charge in [-0.05, 0) is 11.6 Å². The van der Waals surface area contributed by atoms with E-state index in [2.05, 4.69) is 5.32 Å². The van der Waals surface area contributed by atoms with Crippen molar-refractivity contribution in [2.75, 3.05) is 25.0 Å². The van der Waals surface area contributed by atoms with E-state index in [9.17, 15) is 20.0 Å². The number of nitro groups is 1. The zero-order chi connectivity index (χ0) is 18.2.